The Bertz CT molecular complexity index is 963. The van der Waals surface area contributed by atoms with Gasteiger partial charge in [0, 0.05) is 19.4 Å². The van der Waals surface area contributed by atoms with Crippen molar-refractivity contribution in [3.05, 3.63) is 47.5 Å². The first-order valence-electron chi connectivity index (χ1n) is 11.1. The third-order valence-electron chi connectivity index (χ3n) is 6.48. The Labute approximate surface area is 182 Å². The average Bonchev–Trinajstić information content (AvgIpc) is 3.52. The van der Waals surface area contributed by atoms with E-state index in [1.807, 2.05) is 41.3 Å². The Morgan fingerprint density at radius 1 is 0.968 bits per heavy atom. The molecule has 0 aromatic heterocycles. The second-order valence-corrected chi connectivity index (χ2v) is 8.43. The minimum atomic E-state index is 0.124. The third kappa shape index (κ3) is 4.28. The third-order valence-corrected chi connectivity index (χ3v) is 6.48. The van der Waals surface area contributed by atoms with Crippen molar-refractivity contribution in [1.29, 1.82) is 0 Å². The maximum absolute atomic E-state index is 13.4. The summed E-state index contributed by atoms with van der Waals surface area (Å²) in [6.07, 6.45) is 2.73. The molecule has 3 aliphatic heterocycles. The molecule has 3 heterocycles. The second kappa shape index (κ2) is 8.67. The number of carbonyl (C=O) groups is 1. The van der Waals surface area contributed by atoms with Gasteiger partial charge < -0.3 is 28.7 Å². The zero-order valence-corrected chi connectivity index (χ0v) is 17.9. The number of nitrogens with one attached hydrogen (secondary N) is 1. The molecule has 0 spiro atoms. The van der Waals surface area contributed by atoms with E-state index in [9.17, 15) is 4.79 Å². The highest BCUT2D eigenvalue weighted by molar-refractivity contribution is 5.79. The zero-order valence-electron chi connectivity index (χ0n) is 17.9. The van der Waals surface area contributed by atoms with Gasteiger partial charge in [-0.2, -0.15) is 0 Å². The fraction of sp³-hybridized carbons (Fsp3) is 0.458. The van der Waals surface area contributed by atoms with Gasteiger partial charge in [-0.25, -0.2) is 0 Å². The number of amides is 1. The van der Waals surface area contributed by atoms with Gasteiger partial charge in [0.2, 0.25) is 19.5 Å². The predicted octanol–water partition coefficient (Wildman–Crippen LogP) is 1.78. The lowest BCUT2D eigenvalue weighted by Gasteiger charge is -2.29. The molecule has 7 heteroatoms. The van der Waals surface area contributed by atoms with Gasteiger partial charge in [0.1, 0.15) is 6.04 Å². The predicted molar refractivity (Wildman–Crippen MR) is 114 cm³/mol. The molecule has 0 radical (unpaired) electrons. The number of hydrogen-bond donors (Lipinski definition) is 1. The fourth-order valence-corrected chi connectivity index (χ4v) is 4.79. The average molecular weight is 426 g/mol. The van der Waals surface area contributed by atoms with Gasteiger partial charge in [-0.1, -0.05) is 12.1 Å². The summed E-state index contributed by atoms with van der Waals surface area (Å²) in [5.74, 6) is 3.09. The van der Waals surface area contributed by atoms with Crippen LogP contribution in [-0.4, -0.2) is 50.1 Å². The zero-order chi connectivity index (χ0) is 21.2. The van der Waals surface area contributed by atoms with Crippen molar-refractivity contribution < 1.29 is 28.6 Å². The molecular weight excluding hydrogens is 396 g/mol. The number of hydrogen-bond acceptors (Lipinski definition) is 5. The van der Waals surface area contributed by atoms with Crippen molar-refractivity contribution in [3.63, 3.8) is 0 Å². The Balaban J connectivity index is 1.34. The van der Waals surface area contributed by atoms with E-state index in [2.05, 4.69) is 6.92 Å². The van der Waals surface area contributed by atoms with Crippen LogP contribution in [0.1, 0.15) is 30.9 Å². The number of likely N-dealkylation sites (tertiary alicyclic amines) is 1. The molecule has 31 heavy (non-hydrogen) atoms. The second-order valence-electron chi connectivity index (χ2n) is 8.43. The molecule has 2 atom stereocenters. The number of fused-ring (bicyclic) bond motifs is 2. The Morgan fingerprint density at radius 2 is 1.61 bits per heavy atom. The molecule has 1 fully saturated rings. The largest absolute Gasteiger partial charge is 0.454 e. The minimum Gasteiger partial charge on any atom is -0.454 e. The number of likely N-dealkylation sites (N-methyl/N-ethyl adjacent to an activating group) is 1. The molecule has 0 bridgehead atoms. The molecule has 0 saturated carbocycles. The Hall–Kier alpha value is -2.93. The quantitative estimate of drug-likeness (QED) is 0.733. The summed E-state index contributed by atoms with van der Waals surface area (Å²) in [6.45, 7) is 6.33. The molecule has 1 saturated heterocycles. The van der Waals surface area contributed by atoms with E-state index >= 15 is 0 Å². The van der Waals surface area contributed by atoms with E-state index in [1.54, 1.807) is 4.90 Å². The lowest BCUT2D eigenvalue weighted by Crippen LogP contribution is -3.14. The number of benzene rings is 2. The first kappa shape index (κ1) is 20.0. The van der Waals surface area contributed by atoms with Crippen LogP contribution in [0.25, 0.3) is 0 Å². The highest BCUT2D eigenvalue weighted by atomic mass is 16.7. The molecule has 2 aromatic carbocycles. The molecule has 5 rings (SSSR count). The maximum atomic E-state index is 13.4. The van der Waals surface area contributed by atoms with E-state index in [0.29, 0.717) is 24.8 Å². The van der Waals surface area contributed by atoms with Crippen molar-refractivity contribution in [2.45, 2.75) is 38.8 Å². The van der Waals surface area contributed by atoms with E-state index in [0.717, 1.165) is 47.9 Å². The van der Waals surface area contributed by atoms with Crippen molar-refractivity contribution in [2.24, 2.45) is 0 Å². The van der Waals surface area contributed by atoms with Crippen LogP contribution in [-0.2, 0) is 17.8 Å². The summed E-state index contributed by atoms with van der Waals surface area (Å²) in [5.41, 5.74) is 2.00. The van der Waals surface area contributed by atoms with E-state index in [4.69, 9.17) is 18.9 Å². The minimum absolute atomic E-state index is 0.124. The first-order valence-corrected chi connectivity index (χ1v) is 11.1. The smallest absolute Gasteiger partial charge is 0.231 e. The molecule has 1 amide bonds. The highest BCUT2D eigenvalue weighted by Crippen LogP contribution is 2.34. The van der Waals surface area contributed by atoms with Crippen molar-refractivity contribution in [3.8, 4) is 23.0 Å². The van der Waals surface area contributed by atoms with E-state index in [1.165, 1.54) is 13.0 Å². The molecular formula is C24H29N2O5+. The van der Waals surface area contributed by atoms with Crippen molar-refractivity contribution in [2.75, 3.05) is 33.2 Å². The highest BCUT2D eigenvalue weighted by Gasteiger charge is 2.31. The van der Waals surface area contributed by atoms with Gasteiger partial charge in [-0.3, -0.25) is 4.79 Å². The standard InChI is InChI=1S/C24H28N2O5/c1-2-25-9-3-4-19(25)14-26(13-18-6-8-21-23(11-18)31-16-29-21)24(27)12-17-5-7-20-22(10-17)30-15-28-20/h5-8,10-11,19H,2-4,9,12-16H2,1H3/p+1/t19-/m0/s1. The number of carbonyl (C=O) groups excluding carboxylic acids is 1. The van der Waals surface area contributed by atoms with Crippen LogP contribution in [0.4, 0.5) is 0 Å². The number of rotatable bonds is 7. The lowest BCUT2D eigenvalue weighted by atomic mass is 10.1. The van der Waals surface area contributed by atoms with Gasteiger partial charge in [0.05, 0.1) is 26.1 Å². The number of nitrogens with zero attached hydrogens (tertiary/aromatic N) is 1. The van der Waals surface area contributed by atoms with Crippen molar-refractivity contribution >= 4 is 5.91 Å². The summed E-state index contributed by atoms with van der Waals surface area (Å²) in [6, 6.07) is 12.2. The summed E-state index contributed by atoms with van der Waals surface area (Å²) >= 11 is 0. The van der Waals surface area contributed by atoms with E-state index in [-0.39, 0.29) is 19.5 Å². The van der Waals surface area contributed by atoms with Gasteiger partial charge >= 0.3 is 0 Å². The Morgan fingerprint density at radius 3 is 2.32 bits per heavy atom. The fourth-order valence-electron chi connectivity index (χ4n) is 4.79. The van der Waals surface area contributed by atoms with Gasteiger partial charge in [0.15, 0.2) is 23.0 Å². The Kier molecular flexibility index (Phi) is 5.59. The summed E-state index contributed by atoms with van der Waals surface area (Å²) in [4.78, 5) is 17.0. The molecule has 0 aliphatic carbocycles. The van der Waals surface area contributed by atoms with E-state index < -0.39 is 0 Å². The topological polar surface area (TPSA) is 61.7 Å². The molecule has 3 aliphatic rings. The van der Waals surface area contributed by atoms with Gasteiger partial charge in [-0.05, 0) is 42.3 Å². The number of quaternary nitrogens is 1. The molecule has 1 unspecified atom stereocenters. The summed E-state index contributed by atoms with van der Waals surface area (Å²) in [7, 11) is 0. The van der Waals surface area contributed by atoms with Crippen molar-refractivity contribution in [1.82, 2.24) is 4.90 Å². The number of ether oxygens (including phenoxy) is 4. The molecule has 164 valence electrons. The van der Waals surface area contributed by atoms with Crippen LogP contribution in [0.5, 0.6) is 23.0 Å². The molecule has 2 aromatic rings. The van der Waals surface area contributed by atoms with Crippen LogP contribution in [0.3, 0.4) is 0 Å². The molecule has 7 nitrogen and oxygen atoms in total. The normalized spacial score (nSPS) is 20.8. The molecule has 1 N–H and O–H groups in total. The first-order chi connectivity index (χ1) is 15.2. The van der Waals surface area contributed by atoms with Crippen LogP contribution in [0, 0.1) is 0 Å². The lowest BCUT2D eigenvalue weighted by molar-refractivity contribution is -0.909. The van der Waals surface area contributed by atoms with Crippen LogP contribution >= 0.6 is 0 Å². The van der Waals surface area contributed by atoms with Crippen LogP contribution in [0.15, 0.2) is 36.4 Å². The monoisotopic (exact) mass is 425 g/mol. The van der Waals surface area contributed by atoms with Crippen LogP contribution in [0.2, 0.25) is 0 Å². The van der Waals surface area contributed by atoms with Gasteiger partial charge in [-0.15, -0.1) is 0 Å². The van der Waals surface area contributed by atoms with Crippen LogP contribution < -0.4 is 23.8 Å². The summed E-state index contributed by atoms with van der Waals surface area (Å²) in [5, 5.41) is 0. The van der Waals surface area contributed by atoms with Gasteiger partial charge in [0.25, 0.3) is 0 Å². The summed E-state index contributed by atoms with van der Waals surface area (Å²) < 4.78 is 21.8. The SMILES string of the molecule is CC[NH+]1CCC[C@H]1CN(Cc1ccc2c(c1)OCO2)C(=O)Cc1ccc2c(c1)OCO2. The maximum Gasteiger partial charge on any atom is 0.231 e.